The first-order valence-electron chi connectivity index (χ1n) is 6.81. The molecule has 0 bridgehead atoms. The molecule has 1 fully saturated rings. The van der Waals surface area contributed by atoms with Crippen LogP contribution in [0.4, 0.5) is 0 Å². The zero-order chi connectivity index (χ0) is 12.5. The lowest BCUT2D eigenvalue weighted by Gasteiger charge is -2.37. The molecule has 0 amide bonds. The van der Waals surface area contributed by atoms with Crippen LogP contribution in [0.25, 0.3) is 0 Å². The molecule has 1 saturated heterocycles. The summed E-state index contributed by atoms with van der Waals surface area (Å²) in [5.41, 5.74) is 0. The van der Waals surface area contributed by atoms with Crippen LogP contribution in [0.3, 0.4) is 0 Å². The molecule has 2 unspecified atom stereocenters. The van der Waals surface area contributed by atoms with Crippen LogP contribution >= 0.6 is 0 Å². The van der Waals surface area contributed by atoms with E-state index < -0.39 is 0 Å². The van der Waals surface area contributed by atoms with E-state index in [2.05, 4.69) is 17.1 Å². The molecule has 0 aromatic heterocycles. The fourth-order valence-electron chi connectivity index (χ4n) is 2.44. The minimum atomic E-state index is 0.417. The summed E-state index contributed by atoms with van der Waals surface area (Å²) in [7, 11) is 3.77. The Morgan fingerprint density at radius 3 is 2.94 bits per heavy atom. The lowest BCUT2D eigenvalue weighted by molar-refractivity contribution is -0.0230. The van der Waals surface area contributed by atoms with Gasteiger partial charge in [0.25, 0.3) is 0 Å². The predicted octanol–water partition coefficient (Wildman–Crippen LogP) is 1.11. The average Bonchev–Trinajstić information content (AvgIpc) is 2.36. The van der Waals surface area contributed by atoms with Gasteiger partial charge in [0.05, 0.1) is 12.7 Å². The van der Waals surface area contributed by atoms with Crippen molar-refractivity contribution in [2.75, 3.05) is 47.0 Å². The number of piperidine rings is 1. The summed E-state index contributed by atoms with van der Waals surface area (Å²) in [6, 6.07) is 0.470. The van der Waals surface area contributed by atoms with Crippen LogP contribution in [-0.4, -0.2) is 64.1 Å². The van der Waals surface area contributed by atoms with Gasteiger partial charge in [-0.25, -0.2) is 0 Å². The maximum absolute atomic E-state index is 5.87. The number of hydrogen-bond donors (Lipinski definition) is 1. The van der Waals surface area contributed by atoms with Gasteiger partial charge in [0, 0.05) is 32.8 Å². The van der Waals surface area contributed by atoms with Gasteiger partial charge in [0.2, 0.25) is 0 Å². The van der Waals surface area contributed by atoms with E-state index in [1.54, 1.807) is 7.11 Å². The number of methoxy groups -OCH3 is 1. The molecule has 1 aliphatic rings. The molecule has 1 heterocycles. The molecule has 17 heavy (non-hydrogen) atoms. The summed E-state index contributed by atoms with van der Waals surface area (Å²) < 4.78 is 11.2. The largest absolute Gasteiger partial charge is 0.383 e. The second-order valence-electron chi connectivity index (χ2n) is 4.80. The third-order valence-corrected chi connectivity index (χ3v) is 3.28. The minimum absolute atomic E-state index is 0.417. The van der Waals surface area contributed by atoms with Crippen molar-refractivity contribution >= 4 is 0 Å². The van der Waals surface area contributed by atoms with Crippen molar-refractivity contribution in [3.63, 3.8) is 0 Å². The Kier molecular flexibility index (Phi) is 7.77. The van der Waals surface area contributed by atoms with Crippen LogP contribution in [0, 0.1) is 0 Å². The van der Waals surface area contributed by atoms with Crippen LogP contribution in [0.5, 0.6) is 0 Å². The third-order valence-electron chi connectivity index (χ3n) is 3.28. The Morgan fingerprint density at radius 1 is 1.47 bits per heavy atom. The van der Waals surface area contributed by atoms with Gasteiger partial charge in [-0.2, -0.15) is 0 Å². The normalized spacial score (nSPS) is 23.8. The van der Waals surface area contributed by atoms with Crippen LogP contribution < -0.4 is 5.32 Å². The smallest absolute Gasteiger partial charge is 0.0702 e. The van der Waals surface area contributed by atoms with Crippen molar-refractivity contribution < 1.29 is 9.47 Å². The van der Waals surface area contributed by atoms with E-state index in [0.29, 0.717) is 12.1 Å². The summed E-state index contributed by atoms with van der Waals surface area (Å²) in [5, 5.41) is 3.25. The number of likely N-dealkylation sites (N-methyl/N-ethyl adjacent to an activating group) is 1. The SMILES string of the molecule is CCCOC1CCCN(C(CNC)COC)C1. The van der Waals surface area contributed by atoms with E-state index in [9.17, 15) is 0 Å². The van der Waals surface area contributed by atoms with Crippen molar-refractivity contribution in [2.24, 2.45) is 0 Å². The summed E-state index contributed by atoms with van der Waals surface area (Å²) in [5.74, 6) is 0. The maximum Gasteiger partial charge on any atom is 0.0702 e. The quantitative estimate of drug-likeness (QED) is 0.693. The van der Waals surface area contributed by atoms with Gasteiger partial charge < -0.3 is 14.8 Å². The lowest BCUT2D eigenvalue weighted by Crippen LogP contribution is -2.50. The number of likely N-dealkylation sites (tertiary alicyclic amines) is 1. The Balaban J connectivity index is 2.39. The van der Waals surface area contributed by atoms with E-state index >= 15 is 0 Å². The standard InChI is InChI=1S/C13H28N2O2/c1-4-8-17-13-6-5-7-15(10-13)12(9-14-2)11-16-3/h12-14H,4-11H2,1-3H3. The molecule has 1 rings (SSSR count). The van der Waals surface area contributed by atoms with Crippen LogP contribution in [0.1, 0.15) is 26.2 Å². The van der Waals surface area contributed by atoms with Gasteiger partial charge >= 0.3 is 0 Å². The Hall–Kier alpha value is -0.160. The zero-order valence-corrected chi connectivity index (χ0v) is 11.6. The molecular formula is C13H28N2O2. The van der Waals surface area contributed by atoms with Crippen molar-refractivity contribution in [2.45, 2.75) is 38.3 Å². The van der Waals surface area contributed by atoms with Crippen molar-refractivity contribution in [3.8, 4) is 0 Å². The topological polar surface area (TPSA) is 33.7 Å². The van der Waals surface area contributed by atoms with E-state index in [1.165, 1.54) is 19.4 Å². The highest BCUT2D eigenvalue weighted by molar-refractivity contribution is 4.80. The van der Waals surface area contributed by atoms with Gasteiger partial charge in [0.1, 0.15) is 0 Å². The number of hydrogen-bond acceptors (Lipinski definition) is 4. The second kappa shape index (κ2) is 8.86. The highest BCUT2D eigenvalue weighted by atomic mass is 16.5. The molecular weight excluding hydrogens is 216 g/mol. The fourth-order valence-corrected chi connectivity index (χ4v) is 2.44. The summed E-state index contributed by atoms with van der Waals surface area (Å²) >= 11 is 0. The van der Waals surface area contributed by atoms with Gasteiger partial charge in [-0.05, 0) is 32.9 Å². The van der Waals surface area contributed by atoms with E-state index in [4.69, 9.17) is 9.47 Å². The first kappa shape index (κ1) is 14.9. The van der Waals surface area contributed by atoms with E-state index in [0.717, 1.165) is 32.7 Å². The Bertz CT molecular complexity index is 184. The van der Waals surface area contributed by atoms with E-state index in [1.807, 2.05) is 7.05 Å². The van der Waals surface area contributed by atoms with Crippen molar-refractivity contribution in [1.29, 1.82) is 0 Å². The molecule has 0 saturated carbocycles. The number of rotatable bonds is 8. The first-order valence-corrected chi connectivity index (χ1v) is 6.81. The summed E-state index contributed by atoms with van der Waals surface area (Å²) in [6.45, 7) is 7.04. The molecule has 1 N–H and O–H groups in total. The number of nitrogens with one attached hydrogen (secondary N) is 1. The Morgan fingerprint density at radius 2 is 2.29 bits per heavy atom. The zero-order valence-electron chi connectivity index (χ0n) is 11.6. The molecule has 0 aliphatic carbocycles. The van der Waals surface area contributed by atoms with Crippen LogP contribution in [0.2, 0.25) is 0 Å². The summed E-state index contributed by atoms with van der Waals surface area (Å²) in [4.78, 5) is 2.50. The highest BCUT2D eigenvalue weighted by Crippen LogP contribution is 2.16. The lowest BCUT2D eigenvalue weighted by atomic mass is 10.1. The molecule has 0 aromatic rings. The monoisotopic (exact) mass is 244 g/mol. The maximum atomic E-state index is 5.87. The molecule has 102 valence electrons. The fraction of sp³-hybridized carbons (Fsp3) is 1.00. The molecule has 1 aliphatic heterocycles. The highest BCUT2D eigenvalue weighted by Gasteiger charge is 2.25. The first-order chi connectivity index (χ1) is 8.31. The van der Waals surface area contributed by atoms with Crippen LogP contribution in [-0.2, 0) is 9.47 Å². The Labute approximate surface area is 106 Å². The molecule has 4 heteroatoms. The molecule has 2 atom stereocenters. The molecule has 4 nitrogen and oxygen atoms in total. The van der Waals surface area contributed by atoms with Gasteiger partial charge in [-0.3, -0.25) is 4.90 Å². The van der Waals surface area contributed by atoms with Crippen molar-refractivity contribution in [1.82, 2.24) is 10.2 Å². The van der Waals surface area contributed by atoms with Gasteiger partial charge in [-0.1, -0.05) is 6.92 Å². The van der Waals surface area contributed by atoms with Crippen LogP contribution in [0.15, 0.2) is 0 Å². The summed E-state index contributed by atoms with van der Waals surface area (Å²) in [6.07, 6.45) is 3.96. The number of ether oxygens (including phenoxy) is 2. The molecule has 0 spiro atoms. The third kappa shape index (κ3) is 5.34. The average molecular weight is 244 g/mol. The predicted molar refractivity (Wildman–Crippen MR) is 70.4 cm³/mol. The van der Waals surface area contributed by atoms with Gasteiger partial charge in [0.15, 0.2) is 0 Å². The molecule has 0 aromatic carbocycles. The second-order valence-corrected chi connectivity index (χ2v) is 4.80. The number of nitrogens with zero attached hydrogens (tertiary/aromatic N) is 1. The van der Waals surface area contributed by atoms with Gasteiger partial charge in [-0.15, -0.1) is 0 Å². The van der Waals surface area contributed by atoms with E-state index in [-0.39, 0.29) is 0 Å². The minimum Gasteiger partial charge on any atom is -0.383 e. The molecule has 0 radical (unpaired) electrons. The van der Waals surface area contributed by atoms with Crippen molar-refractivity contribution in [3.05, 3.63) is 0 Å².